The Balaban J connectivity index is 1.90. The highest BCUT2D eigenvalue weighted by atomic mass is 16.1. The van der Waals surface area contributed by atoms with Crippen molar-refractivity contribution in [1.82, 2.24) is 9.78 Å². The van der Waals surface area contributed by atoms with Gasteiger partial charge in [0.2, 0.25) is 0 Å². The molecule has 1 fully saturated rings. The van der Waals surface area contributed by atoms with Crippen LogP contribution in [-0.2, 0) is 11.2 Å². The molecule has 4 heteroatoms. The monoisotopic (exact) mass is 263 g/mol. The third-order valence-electron chi connectivity index (χ3n) is 4.26. The van der Waals surface area contributed by atoms with Crippen molar-refractivity contribution in [3.8, 4) is 0 Å². The summed E-state index contributed by atoms with van der Waals surface area (Å²) < 4.78 is 1.99. The summed E-state index contributed by atoms with van der Waals surface area (Å²) in [6.45, 7) is 4.32. The van der Waals surface area contributed by atoms with Gasteiger partial charge in [-0.1, -0.05) is 13.8 Å². The molecule has 106 valence electrons. The number of ketones is 1. The molecular weight excluding hydrogens is 238 g/mol. The summed E-state index contributed by atoms with van der Waals surface area (Å²) >= 11 is 0. The van der Waals surface area contributed by atoms with E-state index in [4.69, 9.17) is 5.73 Å². The molecule has 1 aromatic rings. The number of carbonyl (C=O) groups excluding carboxylic acids is 1. The van der Waals surface area contributed by atoms with E-state index in [9.17, 15) is 4.79 Å². The van der Waals surface area contributed by atoms with Crippen LogP contribution in [0.3, 0.4) is 0 Å². The Bertz CT molecular complexity index is 430. The van der Waals surface area contributed by atoms with E-state index in [0.29, 0.717) is 18.9 Å². The summed E-state index contributed by atoms with van der Waals surface area (Å²) in [6.07, 6.45) is 8.18. The first-order valence-electron chi connectivity index (χ1n) is 7.41. The molecule has 1 aliphatic rings. The molecule has 0 saturated heterocycles. The van der Waals surface area contributed by atoms with Gasteiger partial charge in [-0.05, 0) is 38.2 Å². The summed E-state index contributed by atoms with van der Waals surface area (Å²) in [5, 5.41) is 4.52. The van der Waals surface area contributed by atoms with Crippen molar-refractivity contribution in [3.05, 3.63) is 18.0 Å². The van der Waals surface area contributed by atoms with Gasteiger partial charge >= 0.3 is 0 Å². The third-order valence-corrected chi connectivity index (χ3v) is 4.26. The van der Waals surface area contributed by atoms with Crippen LogP contribution in [0.4, 0.5) is 0 Å². The standard InChI is InChI=1S/C15H25N3O/c1-3-13(4-2)18-9-6-12(17-18)10-14(19)11-15(16)7-5-8-15/h6,9,13H,3-5,7-8,10-11,16H2,1-2H3. The van der Waals surface area contributed by atoms with E-state index >= 15 is 0 Å². The zero-order valence-corrected chi connectivity index (χ0v) is 12.1. The molecule has 1 heterocycles. The largest absolute Gasteiger partial charge is 0.325 e. The average molecular weight is 263 g/mol. The predicted octanol–water partition coefficient (Wildman–Crippen LogP) is 2.63. The number of aromatic nitrogens is 2. The lowest BCUT2D eigenvalue weighted by Crippen LogP contribution is -2.48. The van der Waals surface area contributed by atoms with E-state index in [-0.39, 0.29) is 11.3 Å². The highest BCUT2D eigenvalue weighted by Gasteiger charge is 2.34. The Kier molecular flexibility index (Phi) is 4.40. The molecule has 19 heavy (non-hydrogen) atoms. The maximum Gasteiger partial charge on any atom is 0.140 e. The number of nitrogens with zero attached hydrogens (tertiary/aromatic N) is 2. The number of Topliss-reactive ketones (excluding diaryl/α,β-unsaturated/α-hetero) is 1. The molecule has 0 bridgehead atoms. The van der Waals surface area contributed by atoms with Gasteiger partial charge in [-0.2, -0.15) is 5.10 Å². The lowest BCUT2D eigenvalue weighted by atomic mass is 9.74. The molecule has 0 atom stereocenters. The second kappa shape index (κ2) is 5.87. The lowest BCUT2D eigenvalue weighted by molar-refractivity contribution is -0.120. The van der Waals surface area contributed by atoms with E-state index in [0.717, 1.165) is 37.8 Å². The van der Waals surface area contributed by atoms with E-state index in [1.165, 1.54) is 0 Å². The molecule has 1 saturated carbocycles. The predicted molar refractivity (Wildman–Crippen MR) is 75.9 cm³/mol. The van der Waals surface area contributed by atoms with Gasteiger partial charge in [0.25, 0.3) is 0 Å². The average Bonchev–Trinajstić information content (AvgIpc) is 2.77. The van der Waals surface area contributed by atoms with Crippen LogP contribution in [-0.4, -0.2) is 21.1 Å². The van der Waals surface area contributed by atoms with Gasteiger partial charge in [0.15, 0.2) is 0 Å². The first kappa shape index (κ1) is 14.3. The Morgan fingerprint density at radius 1 is 1.47 bits per heavy atom. The van der Waals surface area contributed by atoms with E-state index in [1.807, 2.05) is 16.9 Å². The van der Waals surface area contributed by atoms with E-state index in [2.05, 4.69) is 18.9 Å². The van der Waals surface area contributed by atoms with Gasteiger partial charge in [0.1, 0.15) is 5.78 Å². The first-order valence-corrected chi connectivity index (χ1v) is 7.41. The second-order valence-corrected chi connectivity index (χ2v) is 5.87. The van der Waals surface area contributed by atoms with Crippen LogP contribution >= 0.6 is 0 Å². The van der Waals surface area contributed by atoms with E-state index < -0.39 is 0 Å². The highest BCUT2D eigenvalue weighted by molar-refractivity contribution is 5.81. The quantitative estimate of drug-likeness (QED) is 0.822. The van der Waals surface area contributed by atoms with Gasteiger partial charge in [-0.15, -0.1) is 0 Å². The van der Waals surface area contributed by atoms with Crippen molar-refractivity contribution in [3.63, 3.8) is 0 Å². The molecule has 0 aliphatic heterocycles. The first-order chi connectivity index (χ1) is 9.06. The van der Waals surface area contributed by atoms with Gasteiger partial charge in [-0.25, -0.2) is 0 Å². The maximum atomic E-state index is 12.0. The van der Waals surface area contributed by atoms with Crippen LogP contribution in [0.1, 0.15) is 64.1 Å². The van der Waals surface area contributed by atoms with Crippen molar-refractivity contribution in [1.29, 1.82) is 0 Å². The van der Waals surface area contributed by atoms with Gasteiger partial charge < -0.3 is 5.73 Å². The number of hydrogen-bond acceptors (Lipinski definition) is 3. The topological polar surface area (TPSA) is 60.9 Å². The summed E-state index contributed by atoms with van der Waals surface area (Å²) in [5.41, 5.74) is 6.77. The Labute approximate surface area is 115 Å². The summed E-state index contributed by atoms with van der Waals surface area (Å²) in [6, 6.07) is 2.40. The molecule has 0 spiro atoms. The molecule has 0 aromatic carbocycles. The van der Waals surface area contributed by atoms with Crippen molar-refractivity contribution in [2.24, 2.45) is 5.73 Å². The molecule has 2 rings (SSSR count). The van der Waals surface area contributed by atoms with Crippen LogP contribution in [0, 0.1) is 0 Å². The van der Waals surface area contributed by atoms with Crippen molar-refractivity contribution in [2.45, 2.75) is 70.4 Å². The third kappa shape index (κ3) is 3.44. The Hall–Kier alpha value is -1.16. The zero-order chi connectivity index (χ0) is 13.9. The van der Waals surface area contributed by atoms with Crippen molar-refractivity contribution >= 4 is 5.78 Å². The molecule has 1 aliphatic carbocycles. The summed E-state index contributed by atoms with van der Waals surface area (Å²) in [5.74, 6) is 0.219. The number of nitrogens with two attached hydrogens (primary N) is 1. The summed E-state index contributed by atoms with van der Waals surface area (Å²) in [7, 11) is 0. The zero-order valence-electron chi connectivity index (χ0n) is 12.1. The highest BCUT2D eigenvalue weighted by Crippen LogP contribution is 2.32. The molecular formula is C15H25N3O. The van der Waals surface area contributed by atoms with Gasteiger partial charge in [-0.3, -0.25) is 9.48 Å². The van der Waals surface area contributed by atoms with Crippen LogP contribution in [0.2, 0.25) is 0 Å². The Morgan fingerprint density at radius 2 is 2.16 bits per heavy atom. The smallest absolute Gasteiger partial charge is 0.140 e. The van der Waals surface area contributed by atoms with Crippen LogP contribution in [0.5, 0.6) is 0 Å². The van der Waals surface area contributed by atoms with E-state index in [1.54, 1.807) is 0 Å². The summed E-state index contributed by atoms with van der Waals surface area (Å²) in [4.78, 5) is 12.0. The number of rotatable bonds is 7. The fourth-order valence-electron chi connectivity index (χ4n) is 2.80. The molecule has 0 unspecified atom stereocenters. The molecule has 0 radical (unpaired) electrons. The SMILES string of the molecule is CCC(CC)n1ccc(CC(=O)CC2(N)CCC2)n1. The van der Waals surface area contributed by atoms with Crippen LogP contribution in [0.15, 0.2) is 12.3 Å². The molecule has 2 N–H and O–H groups in total. The maximum absolute atomic E-state index is 12.0. The fourth-order valence-corrected chi connectivity index (χ4v) is 2.80. The minimum absolute atomic E-state index is 0.213. The van der Waals surface area contributed by atoms with Gasteiger partial charge in [0, 0.05) is 18.2 Å². The normalized spacial score (nSPS) is 17.5. The van der Waals surface area contributed by atoms with Crippen LogP contribution < -0.4 is 5.73 Å². The number of hydrogen-bond donors (Lipinski definition) is 1. The number of carbonyl (C=O) groups is 1. The van der Waals surface area contributed by atoms with Crippen LogP contribution in [0.25, 0.3) is 0 Å². The second-order valence-electron chi connectivity index (χ2n) is 5.87. The van der Waals surface area contributed by atoms with Crippen molar-refractivity contribution in [2.75, 3.05) is 0 Å². The molecule has 0 amide bonds. The Morgan fingerprint density at radius 3 is 2.68 bits per heavy atom. The van der Waals surface area contributed by atoms with Crippen molar-refractivity contribution < 1.29 is 4.79 Å². The molecule has 4 nitrogen and oxygen atoms in total. The lowest BCUT2D eigenvalue weighted by Gasteiger charge is -2.37. The minimum Gasteiger partial charge on any atom is -0.325 e. The van der Waals surface area contributed by atoms with Gasteiger partial charge in [0.05, 0.1) is 18.2 Å². The molecule has 1 aromatic heterocycles. The fraction of sp³-hybridized carbons (Fsp3) is 0.733. The minimum atomic E-state index is -0.213.